The number of rotatable bonds is 4. The number of aromatic nitrogens is 1. The molecule has 1 amide bonds. The smallest absolute Gasteiger partial charge is 0.307 e. The number of thiazole rings is 1. The highest BCUT2D eigenvalue weighted by Crippen LogP contribution is 2.36. The number of hydrogen-bond acceptors (Lipinski definition) is 4. The van der Waals surface area contributed by atoms with E-state index in [1.807, 2.05) is 12.1 Å². The van der Waals surface area contributed by atoms with Gasteiger partial charge in [0, 0.05) is 11.2 Å². The number of nitrogens with zero attached hydrogens (tertiary/aromatic N) is 1. The van der Waals surface area contributed by atoms with Gasteiger partial charge in [0.05, 0.1) is 16.7 Å². The van der Waals surface area contributed by atoms with E-state index in [1.54, 1.807) is 18.3 Å². The van der Waals surface area contributed by atoms with Gasteiger partial charge in [0.25, 0.3) is 0 Å². The van der Waals surface area contributed by atoms with Crippen LogP contribution < -0.4 is 5.32 Å². The maximum atomic E-state index is 12.1. The summed E-state index contributed by atoms with van der Waals surface area (Å²) in [6, 6.07) is 7.35. The Morgan fingerprint density at radius 1 is 1.23 bits per heavy atom. The molecule has 1 aliphatic carbocycles. The van der Waals surface area contributed by atoms with Crippen LogP contribution >= 0.6 is 22.9 Å². The SMILES string of the molecule is O=C(Nc1ncc(-c2ccc(Cl)cc2)s1)[C@H]1CC[C@H]1C(=O)O. The number of carboxylic acids is 1. The molecule has 0 radical (unpaired) electrons. The van der Waals surface area contributed by atoms with E-state index in [1.165, 1.54) is 11.3 Å². The van der Waals surface area contributed by atoms with Crippen LogP contribution in [-0.4, -0.2) is 22.0 Å². The molecule has 1 fully saturated rings. The van der Waals surface area contributed by atoms with E-state index in [2.05, 4.69) is 10.3 Å². The predicted octanol–water partition coefficient (Wildman–Crippen LogP) is 3.51. The van der Waals surface area contributed by atoms with Gasteiger partial charge in [0.15, 0.2) is 5.13 Å². The third-order valence-electron chi connectivity index (χ3n) is 3.79. The number of aliphatic carboxylic acids is 1. The Morgan fingerprint density at radius 2 is 1.91 bits per heavy atom. The van der Waals surface area contributed by atoms with Crippen molar-refractivity contribution in [3.05, 3.63) is 35.5 Å². The Labute approximate surface area is 136 Å². The van der Waals surface area contributed by atoms with Crippen molar-refractivity contribution in [3.63, 3.8) is 0 Å². The largest absolute Gasteiger partial charge is 0.481 e. The molecule has 1 saturated carbocycles. The molecule has 0 aliphatic heterocycles. The summed E-state index contributed by atoms with van der Waals surface area (Å²) in [6.45, 7) is 0. The molecule has 5 nitrogen and oxygen atoms in total. The van der Waals surface area contributed by atoms with Crippen LogP contribution in [-0.2, 0) is 9.59 Å². The normalized spacial score (nSPS) is 20.2. The monoisotopic (exact) mass is 336 g/mol. The van der Waals surface area contributed by atoms with Crippen molar-refractivity contribution in [2.75, 3.05) is 5.32 Å². The van der Waals surface area contributed by atoms with Crippen molar-refractivity contribution < 1.29 is 14.7 Å². The van der Waals surface area contributed by atoms with E-state index < -0.39 is 17.8 Å². The second-order valence-corrected chi connectivity index (χ2v) is 6.62. The van der Waals surface area contributed by atoms with Crippen LogP contribution in [0.25, 0.3) is 10.4 Å². The van der Waals surface area contributed by atoms with Crippen LogP contribution in [0.15, 0.2) is 30.5 Å². The van der Waals surface area contributed by atoms with Gasteiger partial charge in [0.1, 0.15) is 0 Å². The minimum Gasteiger partial charge on any atom is -0.481 e. The molecule has 2 atom stereocenters. The first-order chi connectivity index (χ1) is 10.5. The molecule has 7 heteroatoms. The number of carboxylic acid groups (broad SMARTS) is 1. The van der Waals surface area contributed by atoms with Gasteiger partial charge in [-0.2, -0.15) is 0 Å². The molecule has 2 aromatic rings. The Bertz CT molecular complexity index is 714. The number of halogens is 1. The predicted molar refractivity (Wildman–Crippen MR) is 85.0 cm³/mol. The highest BCUT2D eigenvalue weighted by Gasteiger charge is 2.41. The fourth-order valence-electron chi connectivity index (χ4n) is 2.39. The minimum atomic E-state index is -0.910. The molecule has 0 bridgehead atoms. The lowest BCUT2D eigenvalue weighted by molar-refractivity contribution is -0.151. The third kappa shape index (κ3) is 2.98. The van der Waals surface area contributed by atoms with Gasteiger partial charge in [-0.1, -0.05) is 35.1 Å². The summed E-state index contributed by atoms with van der Waals surface area (Å²) in [5.41, 5.74) is 0.967. The van der Waals surface area contributed by atoms with Crippen LogP contribution in [0.2, 0.25) is 5.02 Å². The molecule has 1 aliphatic rings. The van der Waals surface area contributed by atoms with E-state index >= 15 is 0 Å². The van der Waals surface area contributed by atoms with Gasteiger partial charge in [-0.05, 0) is 30.5 Å². The van der Waals surface area contributed by atoms with E-state index in [-0.39, 0.29) is 5.91 Å². The summed E-state index contributed by atoms with van der Waals surface area (Å²) in [5, 5.41) is 12.8. The Morgan fingerprint density at radius 3 is 2.50 bits per heavy atom. The molecule has 22 heavy (non-hydrogen) atoms. The van der Waals surface area contributed by atoms with Gasteiger partial charge >= 0.3 is 5.97 Å². The number of carbonyl (C=O) groups is 2. The van der Waals surface area contributed by atoms with Gasteiger partial charge in [-0.15, -0.1) is 0 Å². The Hall–Kier alpha value is -1.92. The molecule has 1 heterocycles. The molecule has 0 saturated heterocycles. The second-order valence-electron chi connectivity index (χ2n) is 5.15. The lowest BCUT2D eigenvalue weighted by atomic mass is 9.73. The summed E-state index contributed by atoms with van der Waals surface area (Å²) in [5.74, 6) is -2.21. The zero-order valence-electron chi connectivity index (χ0n) is 11.5. The van der Waals surface area contributed by atoms with Crippen LogP contribution in [0.4, 0.5) is 5.13 Å². The minimum absolute atomic E-state index is 0.268. The number of benzene rings is 1. The van der Waals surface area contributed by atoms with E-state index in [0.29, 0.717) is 23.0 Å². The van der Waals surface area contributed by atoms with E-state index in [4.69, 9.17) is 16.7 Å². The lowest BCUT2D eigenvalue weighted by Gasteiger charge is -2.31. The Kier molecular flexibility index (Phi) is 4.13. The van der Waals surface area contributed by atoms with Crippen LogP contribution in [0.1, 0.15) is 12.8 Å². The second kappa shape index (κ2) is 6.06. The van der Waals surface area contributed by atoms with E-state index in [0.717, 1.165) is 10.4 Å². The molecular weight excluding hydrogens is 324 g/mol. The first kappa shape index (κ1) is 15.0. The molecule has 1 aromatic heterocycles. The number of amides is 1. The number of anilines is 1. The van der Waals surface area contributed by atoms with Gasteiger partial charge < -0.3 is 10.4 Å². The number of nitrogens with one attached hydrogen (secondary N) is 1. The van der Waals surface area contributed by atoms with Crippen molar-refractivity contribution >= 4 is 39.9 Å². The zero-order chi connectivity index (χ0) is 15.7. The van der Waals surface area contributed by atoms with Gasteiger partial charge in [-0.25, -0.2) is 4.98 Å². The lowest BCUT2D eigenvalue weighted by Crippen LogP contribution is -2.41. The maximum Gasteiger partial charge on any atom is 0.307 e. The average molecular weight is 337 g/mol. The summed E-state index contributed by atoms with van der Waals surface area (Å²) in [4.78, 5) is 28.1. The first-order valence-corrected chi connectivity index (χ1v) is 7.99. The maximum absolute atomic E-state index is 12.1. The van der Waals surface area contributed by atoms with Gasteiger partial charge in [-0.3, -0.25) is 9.59 Å². The molecule has 3 rings (SSSR count). The fraction of sp³-hybridized carbons (Fsp3) is 0.267. The molecule has 114 valence electrons. The molecular formula is C15H13ClN2O3S. The van der Waals surface area contributed by atoms with Crippen molar-refractivity contribution in [3.8, 4) is 10.4 Å². The fourth-order valence-corrected chi connectivity index (χ4v) is 3.34. The van der Waals surface area contributed by atoms with Crippen molar-refractivity contribution in [2.45, 2.75) is 12.8 Å². The summed E-state index contributed by atoms with van der Waals surface area (Å²) < 4.78 is 0. The van der Waals surface area contributed by atoms with Crippen LogP contribution in [0, 0.1) is 11.8 Å². The first-order valence-electron chi connectivity index (χ1n) is 6.80. The summed E-state index contributed by atoms with van der Waals surface area (Å²) >= 11 is 7.20. The molecule has 2 N–H and O–H groups in total. The van der Waals surface area contributed by atoms with Gasteiger partial charge in [0.2, 0.25) is 5.91 Å². The summed E-state index contributed by atoms with van der Waals surface area (Å²) in [6.07, 6.45) is 2.85. The van der Waals surface area contributed by atoms with Crippen molar-refractivity contribution in [2.24, 2.45) is 11.8 Å². The highest BCUT2D eigenvalue weighted by atomic mass is 35.5. The van der Waals surface area contributed by atoms with E-state index in [9.17, 15) is 9.59 Å². The Balaban J connectivity index is 1.68. The van der Waals surface area contributed by atoms with Crippen LogP contribution in [0.5, 0.6) is 0 Å². The number of hydrogen-bond donors (Lipinski definition) is 2. The number of carbonyl (C=O) groups excluding carboxylic acids is 1. The standard InChI is InChI=1S/C15H13ClN2O3S/c16-9-3-1-8(2-4-9)12-7-17-15(22-12)18-13(19)10-5-6-11(10)14(20)21/h1-4,7,10-11H,5-6H2,(H,20,21)(H,17,18,19)/t10-,11+/m0/s1. The van der Waals surface area contributed by atoms with Crippen LogP contribution in [0.3, 0.4) is 0 Å². The zero-order valence-corrected chi connectivity index (χ0v) is 13.0. The topological polar surface area (TPSA) is 79.3 Å². The average Bonchev–Trinajstić information content (AvgIpc) is 2.85. The third-order valence-corrected chi connectivity index (χ3v) is 5.01. The molecule has 0 unspecified atom stereocenters. The van der Waals surface area contributed by atoms with Crippen molar-refractivity contribution in [1.82, 2.24) is 4.98 Å². The van der Waals surface area contributed by atoms with Crippen molar-refractivity contribution in [1.29, 1.82) is 0 Å². The molecule has 0 spiro atoms. The highest BCUT2D eigenvalue weighted by molar-refractivity contribution is 7.19. The molecule has 1 aromatic carbocycles. The quantitative estimate of drug-likeness (QED) is 0.895. The summed E-state index contributed by atoms with van der Waals surface area (Å²) in [7, 11) is 0.